The minimum Gasteiger partial charge on any atom is -0.493 e. The Kier molecular flexibility index (Phi) is 5.80. The smallest absolute Gasteiger partial charge is 0.333 e. The summed E-state index contributed by atoms with van der Waals surface area (Å²) in [7, 11) is 3.26. The molecule has 1 aliphatic rings. The van der Waals surface area contributed by atoms with Crippen LogP contribution in [0.4, 0.5) is 11.5 Å². The molecule has 9 nitrogen and oxygen atoms in total. The minimum absolute atomic E-state index is 0.0130. The molecule has 2 heterocycles. The number of ether oxygens (including phenoxy) is 3. The maximum atomic E-state index is 11.3. The highest BCUT2D eigenvalue weighted by molar-refractivity contribution is 5.59. The first-order chi connectivity index (χ1) is 13.0. The van der Waals surface area contributed by atoms with E-state index in [1.54, 1.807) is 21.1 Å². The molecule has 0 saturated carbocycles. The van der Waals surface area contributed by atoms with E-state index in [1.807, 2.05) is 18.2 Å². The molecule has 1 aromatic carbocycles. The van der Waals surface area contributed by atoms with Crippen molar-refractivity contribution >= 4 is 11.5 Å². The summed E-state index contributed by atoms with van der Waals surface area (Å²) in [4.78, 5) is 10.8. The minimum atomic E-state index is -0.423. The molecule has 1 fully saturated rings. The third kappa shape index (κ3) is 4.30. The predicted molar refractivity (Wildman–Crippen MR) is 99.4 cm³/mol. The van der Waals surface area contributed by atoms with Gasteiger partial charge < -0.3 is 19.5 Å². The van der Waals surface area contributed by atoms with Crippen molar-refractivity contribution in [2.75, 3.05) is 25.6 Å². The van der Waals surface area contributed by atoms with Crippen LogP contribution in [0.5, 0.6) is 11.5 Å². The highest BCUT2D eigenvalue weighted by Gasteiger charge is 2.23. The average Bonchev–Trinajstić information content (AvgIpc) is 3.25. The second kappa shape index (κ2) is 8.26. The number of benzene rings is 1. The van der Waals surface area contributed by atoms with Gasteiger partial charge in [0.25, 0.3) is 0 Å². The molecular formula is C18H24N4O5. The van der Waals surface area contributed by atoms with Crippen molar-refractivity contribution in [2.24, 2.45) is 7.05 Å². The molecule has 2 aromatic rings. The van der Waals surface area contributed by atoms with Crippen LogP contribution in [0.25, 0.3) is 0 Å². The van der Waals surface area contributed by atoms with E-state index >= 15 is 0 Å². The van der Waals surface area contributed by atoms with Crippen LogP contribution < -0.4 is 14.8 Å². The number of nitro groups is 1. The Morgan fingerprint density at radius 1 is 1.44 bits per heavy atom. The van der Waals surface area contributed by atoms with E-state index in [1.165, 1.54) is 4.68 Å². The van der Waals surface area contributed by atoms with Gasteiger partial charge in [-0.3, -0.25) is 10.1 Å². The molecule has 1 atom stereocenters. The van der Waals surface area contributed by atoms with E-state index in [0.717, 1.165) is 25.0 Å². The molecule has 1 N–H and O–H groups in total. The third-order valence-corrected chi connectivity index (χ3v) is 4.51. The SMILES string of the molecule is COc1cc(CNc2c([N+](=O)[O-])c(C)nn2C)ccc1OCC1CCCO1. The molecule has 1 aromatic heterocycles. The molecule has 146 valence electrons. The van der Waals surface area contributed by atoms with Crippen LogP contribution in [0.3, 0.4) is 0 Å². The lowest BCUT2D eigenvalue weighted by Crippen LogP contribution is -2.16. The number of nitrogens with zero attached hydrogens (tertiary/aromatic N) is 3. The maximum Gasteiger partial charge on any atom is 0.333 e. The van der Waals surface area contributed by atoms with E-state index in [-0.39, 0.29) is 11.8 Å². The first kappa shape index (κ1) is 19.0. The van der Waals surface area contributed by atoms with Crippen LogP contribution in [0, 0.1) is 17.0 Å². The Hall–Kier alpha value is -2.81. The van der Waals surface area contributed by atoms with Crippen molar-refractivity contribution in [1.82, 2.24) is 9.78 Å². The first-order valence-corrected chi connectivity index (χ1v) is 8.82. The molecule has 1 saturated heterocycles. The molecule has 9 heteroatoms. The van der Waals surface area contributed by atoms with Crippen LogP contribution in [-0.4, -0.2) is 41.1 Å². The fraction of sp³-hybridized carbons (Fsp3) is 0.500. The molecule has 1 aliphatic heterocycles. The van der Waals surface area contributed by atoms with Gasteiger partial charge in [-0.2, -0.15) is 5.10 Å². The zero-order chi connectivity index (χ0) is 19.4. The second-order valence-electron chi connectivity index (χ2n) is 6.45. The van der Waals surface area contributed by atoms with E-state index in [2.05, 4.69) is 10.4 Å². The van der Waals surface area contributed by atoms with Crippen molar-refractivity contribution in [1.29, 1.82) is 0 Å². The predicted octanol–water partition coefficient (Wildman–Crippen LogP) is 2.82. The third-order valence-electron chi connectivity index (χ3n) is 4.51. The van der Waals surface area contributed by atoms with Gasteiger partial charge in [-0.1, -0.05) is 6.07 Å². The molecular weight excluding hydrogens is 352 g/mol. The zero-order valence-corrected chi connectivity index (χ0v) is 15.7. The van der Waals surface area contributed by atoms with Crippen LogP contribution in [0.2, 0.25) is 0 Å². The second-order valence-corrected chi connectivity index (χ2v) is 6.45. The van der Waals surface area contributed by atoms with Gasteiger partial charge in [0, 0.05) is 20.2 Å². The van der Waals surface area contributed by atoms with E-state index < -0.39 is 4.92 Å². The summed E-state index contributed by atoms with van der Waals surface area (Å²) in [6, 6.07) is 5.59. The van der Waals surface area contributed by atoms with Crippen LogP contribution in [0.15, 0.2) is 18.2 Å². The molecule has 27 heavy (non-hydrogen) atoms. The number of aryl methyl sites for hydroxylation is 2. The highest BCUT2D eigenvalue weighted by atomic mass is 16.6. The number of nitrogens with one attached hydrogen (secondary N) is 1. The standard InChI is InChI=1S/C18H24N4O5/c1-12-17(22(23)24)18(21(2)20-12)19-10-13-6-7-15(16(9-13)25-3)27-11-14-5-4-8-26-14/h6-7,9,14,19H,4-5,8,10-11H2,1-3H3. The van der Waals surface area contributed by atoms with Crippen molar-refractivity contribution in [3.05, 3.63) is 39.6 Å². The summed E-state index contributed by atoms with van der Waals surface area (Å²) in [5.41, 5.74) is 1.27. The van der Waals surface area contributed by atoms with Crippen molar-refractivity contribution in [3.63, 3.8) is 0 Å². The zero-order valence-electron chi connectivity index (χ0n) is 15.7. The summed E-state index contributed by atoms with van der Waals surface area (Å²) in [5.74, 6) is 1.64. The normalized spacial score (nSPS) is 16.3. The summed E-state index contributed by atoms with van der Waals surface area (Å²) >= 11 is 0. The fourth-order valence-electron chi connectivity index (χ4n) is 3.15. The van der Waals surface area contributed by atoms with E-state index in [0.29, 0.717) is 36.2 Å². The Morgan fingerprint density at radius 3 is 2.93 bits per heavy atom. The van der Waals surface area contributed by atoms with Gasteiger partial charge in [0.2, 0.25) is 5.82 Å². The van der Waals surface area contributed by atoms with Crippen LogP contribution in [-0.2, 0) is 18.3 Å². The number of hydrogen-bond acceptors (Lipinski definition) is 7. The number of rotatable bonds is 8. The highest BCUT2D eigenvalue weighted by Crippen LogP contribution is 2.31. The molecule has 0 bridgehead atoms. The average molecular weight is 376 g/mol. The first-order valence-electron chi connectivity index (χ1n) is 8.82. The maximum absolute atomic E-state index is 11.3. The quantitative estimate of drug-likeness (QED) is 0.558. The Balaban J connectivity index is 1.68. The molecule has 1 unspecified atom stereocenters. The number of methoxy groups -OCH3 is 1. The lowest BCUT2D eigenvalue weighted by atomic mass is 10.2. The summed E-state index contributed by atoms with van der Waals surface area (Å²) in [5, 5.41) is 18.5. The fourth-order valence-corrected chi connectivity index (χ4v) is 3.15. The monoisotopic (exact) mass is 376 g/mol. The lowest BCUT2D eigenvalue weighted by molar-refractivity contribution is -0.384. The van der Waals surface area contributed by atoms with Crippen molar-refractivity contribution in [3.8, 4) is 11.5 Å². The van der Waals surface area contributed by atoms with Crippen LogP contribution >= 0.6 is 0 Å². The molecule has 0 radical (unpaired) electrons. The molecule has 3 rings (SSSR count). The Bertz CT molecular complexity index is 814. The van der Waals surface area contributed by atoms with Gasteiger partial charge in [0.15, 0.2) is 11.5 Å². The van der Waals surface area contributed by atoms with Gasteiger partial charge in [-0.05, 0) is 37.5 Å². The topological polar surface area (TPSA) is 101 Å². The van der Waals surface area contributed by atoms with E-state index in [4.69, 9.17) is 14.2 Å². The summed E-state index contributed by atoms with van der Waals surface area (Å²) in [6.45, 7) is 3.29. The van der Waals surface area contributed by atoms with Crippen molar-refractivity contribution in [2.45, 2.75) is 32.4 Å². The van der Waals surface area contributed by atoms with E-state index in [9.17, 15) is 10.1 Å². The number of anilines is 1. The Labute approximate surface area is 157 Å². The van der Waals surface area contributed by atoms with Gasteiger partial charge in [0.1, 0.15) is 12.3 Å². The molecule has 0 amide bonds. The van der Waals surface area contributed by atoms with Gasteiger partial charge in [-0.15, -0.1) is 0 Å². The molecule has 0 aliphatic carbocycles. The largest absolute Gasteiger partial charge is 0.493 e. The lowest BCUT2D eigenvalue weighted by Gasteiger charge is -2.15. The Morgan fingerprint density at radius 2 is 2.26 bits per heavy atom. The van der Waals surface area contributed by atoms with Gasteiger partial charge in [-0.25, -0.2) is 4.68 Å². The molecule has 0 spiro atoms. The summed E-state index contributed by atoms with van der Waals surface area (Å²) < 4.78 is 18.3. The van der Waals surface area contributed by atoms with Gasteiger partial charge >= 0.3 is 5.69 Å². The van der Waals surface area contributed by atoms with Gasteiger partial charge in [0.05, 0.1) is 18.1 Å². The number of aromatic nitrogens is 2. The van der Waals surface area contributed by atoms with Crippen molar-refractivity contribution < 1.29 is 19.1 Å². The number of hydrogen-bond donors (Lipinski definition) is 1. The van der Waals surface area contributed by atoms with Crippen LogP contribution in [0.1, 0.15) is 24.1 Å². The summed E-state index contributed by atoms with van der Waals surface area (Å²) in [6.07, 6.45) is 2.20.